The number of hydrogen-bond acceptors (Lipinski definition) is 3. The zero-order valence-electron chi connectivity index (χ0n) is 8.88. The van der Waals surface area contributed by atoms with Gasteiger partial charge in [-0.05, 0) is 30.2 Å². The van der Waals surface area contributed by atoms with E-state index in [1.807, 2.05) is 6.92 Å². The molecule has 0 radical (unpaired) electrons. The summed E-state index contributed by atoms with van der Waals surface area (Å²) in [5, 5.41) is 24.8. The largest absolute Gasteiger partial charge is 0.508 e. The molecule has 0 saturated heterocycles. The van der Waals surface area contributed by atoms with E-state index in [0.29, 0.717) is 12.0 Å². The van der Waals surface area contributed by atoms with Crippen molar-refractivity contribution in [1.29, 1.82) is 0 Å². The van der Waals surface area contributed by atoms with Crippen molar-refractivity contribution in [1.82, 2.24) is 0 Å². The standard InChI is InChI=1S/C10H12O3.CH2O2/c1-2-3-7-6-8(11)4-5-9(7)10(12)13;2-1-3/h4-6,11H,2-3H2,1H3,(H,12,13);1H,(H,2,3). The number of phenols is 1. The lowest BCUT2D eigenvalue weighted by atomic mass is 10.0. The maximum atomic E-state index is 10.7. The van der Waals surface area contributed by atoms with Gasteiger partial charge in [0.15, 0.2) is 0 Å². The minimum absolute atomic E-state index is 0.119. The van der Waals surface area contributed by atoms with Gasteiger partial charge in [0.1, 0.15) is 5.75 Å². The van der Waals surface area contributed by atoms with Crippen molar-refractivity contribution in [2.75, 3.05) is 0 Å². The molecule has 1 rings (SSSR count). The topological polar surface area (TPSA) is 94.8 Å². The predicted molar refractivity (Wildman–Crippen MR) is 57.8 cm³/mol. The number of carbonyl (C=O) groups is 2. The first-order chi connectivity index (χ1) is 7.56. The van der Waals surface area contributed by atoms with Crippen molar-refractivity contribution >= 4 is 12.4 Å². The van der Waals surface area contributed by atoms with Crippen molar-refractivity contribution in [3.05, 3.63) is 29.3 Å². The summed E-state index contributed by atoms with van der Waals surface area (Å²) in [7, 11) is 0. The van der Waals surface area contributed by atoms with Crippen LogP contribution in [0.1, 0.15) is 29.3 Å². The maximum absolute atomic E-state index is 10.7. The molecule has 0 saturated carbocycles. The van der Waals surface area contributed by atoms with Crippen molar-refractivity contribution < 1.29 is 24.9 Å². The summed E-state index contributed by atoms with van der Waals surface area (Å²) in [5.74, 6) is -0.822. The van der Waals surface area contributed by atoms with Crippen molar-refractivity contribution in [3.63, 3.8) is 0 Å². The molecule has 1 aromatic rings. The summed E-state index contributed by atoms with van der Waals surface area (Å²) in [6, 6.07) is 4.33. The quantitative estimate of drug-likeness (QED) is 0.682. The molecule has 3 N–H and O–H groups in total. The number of benzene rings is 1. The molecule has 16 heavy (non-hydrogen) atoms. The van der Waals surface area contributed by atoms with E-state index in [9.17, 15) is 4.79 Å². The molecule has 0 aliphatic heterocycles. The summed E-state index contributed by atoms with van der Waals surface area (Å²) in [6.07, 6.45) is 1.54. The first kappa shape index (κ1) is 14.0. The number of hydrogen-bond donors (Lipinski definition) is 3. The molecule has 0 spiro atoms. The Balaban J connectivity index is 0.000000673. The van der Waals surface area contributed by atoms with Gasteiger partial charge in [-0.3, -0.25) is 4.79 Å². The summed E-state index contributed by atoms with van der Waals surface area (Å²) in [5.41, 5.74) is 0.967. The highest BCUT2D eigenvalue weighted by molar-refractivity contribution is 5.89. The van der Waals surface area contributed by atoms with Gasteiger partial charge in [0, 0.05) is 0 Å². The first-order valence-electron chi connectivity index (χ1n) is 4.69. The van der Waals surface area contributed by atoms with E-state index in [1.165, 1.54) is 18.2 Å². The highest BCUT2D eigenvalue weighted by Crippen LogP contribution is 2.18. The van der Waals surface area contributed by atoms with Crippen molar-refractivity contribution in [3.8, 4) is 5.75 Å². The summed E-state index contributed by atoms with van der Waals surface area (Å²) >= 11 is 0. The third-order valence-corrected chi connectivity index (χ3v) is 1.84. The normalized spacial score (nSPS) is 8.81. The number of phenolic OH excluding ortho intramolecular Hbond substituents is 1. The molecule has 0 aromatic heterocycles. The Morgan fingerprint density at radius 2 is 2.00 bits per heavy atom. The number of aromatic hydroxyl groups is 1. The van der Waals surface area contributed by atoms with Gasteiger partial charge in [0.25, 0.3) is 6.47 Å². The molecular formula is C11H14O5. The average molecular weight is 226 g/mol. The Morgan fingerprint density at radius 3 is 2.44 bits per heavy atom. The Kier molecular flexibility index (Phi) is 6.35. The number of carboxylic acid groups (broad SMARTS) is 2. The van der Waals surface area contributed by atoms with Crippen molar-refractivity contribution in [2.45, 2.75) is 19.8 Å². The number of aryl methyl sites for hydroxylation is 1. The molecule has 0 aliphatic rings. The SMILES string of the molecule is CCCc1cc(O)ccc1C(=O)O.O=CO. The molecule has 0 atom stereocenters. The van der Waals surface area contributed by atoms with Crippen LogP contribution in [0.25, 0.3) is 0 Å². The first-order valence-corrected chi connectivity index (χ1v) is 4.69. The van der Waals surface area contributed by atoms with Crippen LogP contribution in [0.3, 0.4) is 0 Å². The fourth-order valence-electron chi connectivity index (χ4n) is 1.26. The minimum atomic E-state index is -0.941. The molecule has 0 amide bonds. The zero-order valence-corrected chi connectivity index (χ0v) is 8.88. The van der Waals surface area contributed by atoms with Crippen LogP contribution in [0.2, 0.25) is 0 Å². The predicted octanol–water partition coefficient (Wildman–Crippen LogP) is 1.74. The Morgan fingerprint density at radius 1 is 1.44 bits per heavy atom. The lowest BCUT2D eigenvalue weighted by Crippen LogP contribution is -2.01. The molecule has 1 aromatic carbocycles. The average Bonchev–Trinajstić information content (AvgIpc) is 2.19. The van der Waals surface area contributed by atoms with Gasteiger partial charge in [0.2, 0.25) is 0 Å². The van der Waals surface area contributed by atoms with Gasteiger partial charge in [-0.1, -0.05) is 13.3 Å². The molecule has 0 heterocycles. The van der Waals surface area contributed by atoms with E-state index in [1.54, 1.807) is 0 Å². The van der Waals surface area contributed by atoms with Crippen LogP contribution in [0.4, 0.5) is 0 Å². The molecular weight excluding hydrogens is 212 g/mol. The third-order valence-electron chi connectivity index (χ3n) is 1.84. The molecule has 88 valence electrons. The number of carboxylic acids is 1. The summed E-state index contributed by atoms with van der Waals surface area (Å²) in [4.78, 5) is 19.1. The molecule has 0 bridgehead atoms. The van der Waals surface area contributed by atoms with Gasteiger partial charge in [-0.25, -0.2) is 4.79 Å². The van der Waals surface area contributed by atoms with E-state index in [4.69, 9.17) is 20.1 Å². The number of aromatic carboxylic acids is 1. The molecule has 5 heteroatoms. The van der Waals surface area contributed by atoms with Crippen LogP contribution in [0, 0.1) is 0 Å². The van der Waals surface area contributed by atoms with Crippen LogP contribution in [0.5, 0.6) is 5.75 Å². The second kappa shape index (κ2) is 7.28. The second-order valence-corrected chi connectivity index (χ2v) is 3.00. The van der Waals surface area contributed by atoms with E-state index in [0.717, 1.165) is 6.42 Å². The van der Waals surface area contributed by atoms with E-state index >= 15 is 0 Å². The van der Waals surface area contributed by atoms with E-state index in [2.05, 4.69) is 0 Å². The fourth-order valence-corrected chi connectivity index (χ4v) is 1.26. The fraction of sp³-hybridized carbons (Fsp3) is 0.273. The highest BCUT2D eigenvalue weighted by Gasteiger charge is 2.09. The third kappa shape index (κ3) is 4.45. The van der Waals surface area contributed by atoms with Gasteiger partial charge >= 0.3 is 5.97 Å². The maximum Gasteiger partial charge on any atom is 0.335 e. The van der Waals surface area contributed by atoms with Gasteiger partial charge < -0.3 is 15.3 Å². The van der Waals surface area contributed by atoms with Gasteiger partial charge in [-0.15, -0.1) is 0 Å². The highest BCUT2D eigenvalue weighted by atomic mass is 16.4. The Bertz CT molecular complexity index is 359. The summed E-state index contributed by atoms with van der Waals surface area (Å²) < 4.78 is 0. The molecule has 5 nitrogen and oxygen atoms in total. The van der Waals surface area contributed by atoms with Crippen LogP contribution in [0.15, 0.2) is 18.2 Å². The Hall–Kier alpha value is -2.04. The lowest BCUT2D eigenvalue weighted by Gasteiger charge is -2.04. The van der Waals surface area contributed by atoms with E-state index < -0.39 is 5.97 Å². The van der Waals surface area contributed by atoms with Crippen LogP contribution in [-0.2, 0) is 11.2 Å². The van der Waals surface area contributed by atoms with Crippen LogP contribution >= 0.6 is 0 Å². The second-order valence-electron chi connectivity index (χ2n) is 3.00. The van der Waals surface area contributed by atoms with E-state index in [-0.39, 0.29) is 17.8 Å². The molecule has 0 unspecified atom stereocenters. The molecule has 0 fully saturated rings. The molecule has 0 aliphatic carbocycles. The van der Waals surface area contributed by atoms with Crippen LogP contribution < -0.4 is 0 Å². The smallest absolute Gasteiger partial charge is 0.335 e. The zero-order chi connectivity index (χ0) is 12.6. The Labute approximate surface area is 93.0 Å². The van der Waals surface area contributed by atoms with Crippen molar-refractivity contribution in [2.24, 2.45) is 0 Å². The number of rotatable bonds is 3. The minimum Gasteiger partial charge on any atom is -0.508 e. The lowest BCUT2D eigenvalue weighted by molar-refractivity contribution is -0.122. The summed E-state index contributed by atoms with van der Waals surface area (Å²) in [6.45, 7) is 1.72. The van der Waals surface area contributed by atoms with Gasteiger partial charge in [0.05, 0.1) is 5.56 Å². The van der Waals surface area contributed by atoms with Gasteiger partial charge in [-0.2, -0.15) is 0 Å². The van der Waals surface area contributed by atoms with Crippen LogP contribution in [-0.4, -0.2) is 27.8 Å². The monoisotopic (exact) mass is 226 g/mol.